The van der Waals surface area contributed by atoms with Crippen LogP contribution in [0.1, 0.15) is 47.5 Å². The minimum Gasteiger partial charge on any atom is -0.386 e. The van der Waals surface area contributed by atoms with Crippen molar-refractivity contribution in [2.75, 3.05) is 13.1 Å². The number of nitrogens with two attached hydrogens (primary N) is 1. The van der Waals surface area contributed by atoms with Crippen molar-refractivity contribution in [2.45, 2.75) is 38.3 Å². The highest BCUT2D eigenvalue weighted by Crippen LogP contribution is 2.41. The van der Waals surface area contributed by atoms with E-state index in [9.17, 15) is 14.3 Å². The summed E-state index contributed by atoms with van der Waals surface area (Å²) in [5.41, 5.74) is 8.03. The number of rotatable bonds is 4. The molecule has 1 amide bonds. The first-order chi connectivity index (χ1) is 15.7. The molecule has 1 unspecified atom stereocenters. The summed E-state index contributed by atoms with van der Waals surface area (Å²) in [5, 5.41) is 19.4. The number of nitriles is 1. The number of amides is 1. The Morgan fingerprint density at radius 2 is 1.91 bits per heavy atom. The molecule has 0 bridgehead atoms. The molecule has 1 aliphatic heterocycles. The maximum atomic E-state index is 14.4. The maximum absolute atomic E-state index is 14.4. The lowest BCUT2D eigenvalue weighted by Gasteiger charge is -2.30. The highest BCUT2D eigenvalue weighted by Gasteiger charge is 2.26. The number of carbonyl (C=O) groups is 1. The van der Waals surface area contributed by atoms with Crippen LogP contribution >= 0.6 is 11.3 Å². The standard InChI is InChI=1S/C26H26FN3O2S/c1-26(2,32)19-9-7-16(8-10-19)24-21(17-5-6-18(14-28)22(27)12-17)13-23(33-24)25(31)30-11-3-4-20(29)15-30/h5-10,12-13,20,32H,3-4,11,15,29H2,1-2H3. The van der Waals surface area contributed by atoms with Crippen LogP contribution < -0.4 is 5.73 Å². The molecule has 4 rings (SSSR count). The molecule has 33 heavy (non-hydrogen) atoms. The summed E-state index contributed by atoms with van der Waals surface area (Å²) in [4.78, 5) is 16.4. The van der Waals surface area contributed by atoms with Gasteiger partial charge in [0.15, 0.2) is 0 Å². The quantitative estimate of drug-likeness (QED) is 0.577. The molecule has 1 saturated heterocycles. The first kappa shape index (κ1) is 23.1. The van der Waals surface area contributed by atoms with Crippen molar-refractivity contribution in [2.24, 2.45) is 5.73 Å². The Bertz CT molecular complexity index is 1220. The third-order valence-electron chi connectivity index (χ3n) is 5.94. The first-order valence-corrected chi connectivity index (χ1v) is 11.7. The average molecular weight is 464 g/mol. The molecule has 3 aromatic rings. The van der Waals surface area contributed by atoms with Gasteiger partial charge in [-0.1, -0.05) is 30.3 Å². The second-order valence-corrected chi connectivity index (χ2v) is 10.0. The van der Waals surface area contributed by atoms with E-state index in [0.29, 0.717) is 23.5 Å². The van der Waals surface area contributed by atoms with E-state index in [1.54, 1.807) is 30.9 Å². The fourth-order valence-corrected chi connectivity index (χ4v) is 5.23. The van der Waals surface area contributed by atoms with E-state index >= 15 is 0 Å². The topological polar surface area (TPSA) is 90.3 Å². The number of nitrogens with zero attached hydrogens (tertiary/aromatic N) is 2. The van der Waals surface area contributed by atoms with E-state index in [1.807, 2.05) is 30.3 Å². The fraction of sp³-hybridized carbons (Fsp3) is 0.308. The minimum atomic E-state index is -0.971. The molecule has 170 valence electrons. The van der Waals surface area contributed by atoms with Crippen LogP contribution in [0.2, 0.25) is 0 Å². The number of aliphatic hydroxyl groups is 1. The van der Waals surface area contributed by atoms with E-state index < -0.39 is 11.4 Å². The third-order valence-corrected chi connectivity index (χ3v) is 7.11. The van der Waals surface area contributed by atoms with Gasteiger partial charge in [0.1, 0.15) is 11.9 Å². The second-order valence-electron chi connectivity index (χ2n) is 8.95. The first-order valence-electron chi connectivity index (χ1n) is 10.9. The Hall–Kier alpha value is -3.05. The van der Waals surface area contributed by atoms with Gasteiger partial charge in [-0.15, -0.1) is 11.3 Å². The molecular formula is C26H26FN3O2S. The van der Waals surface area contributed by atoms with Crippen LogP contribution in [-0.2, 0) is 5.60 Å². The predicted molar refractivity (Wildman–Crippen MR) is 128 cm³/mol. The van der Waals surface area contributed by atoms with E-state index in [1.165, 1.54) is 23.5 Å². The molecule has 0 radical (unpaired) electrons. The van der Waals surface area contributed by atoms with Gasteiger partial charge in [-0.3, -0.25) is 4.79 Å². The molecule has 1 fully saturated rings. The molecule has 3 N–H and O–H groups in total. The van der Waals surface area contributed by atoms with Gasteiger partial charge < -0.3 is 15.7 Å². The largest absolute Gasteiger partial charge is 0.386 e. The van der Waals surface area contributed by atoms with Gasteiger partial charge in [0.25, 0.3) is 5.91 Å². The number of piperidine rings is 1. The van der Waals surface area contributed by atoms with Gasteiger partial charge in [-0.05, 0) is 61.6 Å². The monoisotopic (exact) mass is 463 g/mol. The Kier molecular flexibility index (Phi) is 6.35. The number of carbonyl (C=O) groups excluding carboxylic acids is 1. The Balaban J connectivity index is 1.79. The van der Waals surface area contributed by atoms with E-state index in [0.717, 1.165) is 34.4 Å². The summed E-state index contributed by atoms with van der Waals surface area (Å²) >= 11 is 1.36. The third kappa shape index (κ3) is 4.83. The fourth-order valence-electron chi connectivity index (χ4n) is 4.08. The number of likely N-dealkylation sites (tertiary alicyclic amines) is 1. The molecule has 7 heteroatoms. The normalized spacial score (nSPS) is 16.5. The summed E-state index contributed by atoms with van der Waals surface area (Å²) in [6.45, 7) is 4.63. The van der Waals surface area contributed by atoms with Crippen molar-refractivity contribution in [1.29, 1.82) is 5.26 Å². The lowest BCUT2D eigenvalue weighted by Crippen LogP contribution is -2.45. The van der Waals surface area contributed by atoms with Crippen molar-refractivity contribution >= 4 is 17.2 Å². The van der Waals surface area contributed by atoms with Crippen LogP contribution in [0.5, 0.6) is 0 Å². The Morgan fingerprint density at radius 3 is 2.52 bits per heavy atom. The summed E-state index contributed by atoms with van der Waals surface area (Å²) in [5.74, 6) is -0.677. The number of hydrogen-bond acceptors (Lipinski definition) is 5. The van der Waals surface area contributed by atoms with Gasteiger partial charge in [0, 0.05) is 29.6 Å². The molecule has 2 aromatic carbocycles. The second kappa shape index (κ2) is 9.06. The van der Waals surface area contributed by atoms with E-state index in [-0.39, 0.29) is 17.5 Å². The summed E-state index contributed by atoms with van der Waals surface area (Å²) in [6.07, 6.45) is 1.78. The molecule has 0 saturated carbocycles. The molecule has 0 spiro atoms. The van der Waals surface area contributed by atoms with Crippen molar-refractivity contribution in [1.82, 2.24) is 4.90 Å². The van der Waals surface area contributed by atoms with Crippen LogP contribution in [0.15, 0.2) is 48.5 Å². The van der Waals surface area contributed by atoms with Crippen LogP contribution in [-0.4, -0.2) is 35.0 Å². The predicted octanol–water partition coefficient (Wildman–Crippen LogP) is 4.88. The molecule has 2 heterocycles. The van der Waals surface area contributed by atoms with Gasteiger partial charge >= 0.3 is 0 Å². The van der Waals surface area contributed by atoms with Crippen molar-refractivity contribution in [3.05, 3.63) is 70.4 Å². The zero-order chi connectivity index (χ0) is 23.8. The molecule has 1 aliphatic rings. The average Bonchev–Trinajstić information content (AvgIpc) is 3.23. The zero-order valence-corrected chi connectivity index (χ0v) is 19.5. The highest BCUT2D eigenvalue weighted by molar-refractivity contribution is 7.18. The zero-order valence-electron chi connectivity index (χ0n) is 18.6. The van der Waals surface area contributed by atoms with Crippen molar-refractivity contribution in [3.8, 4) is 27.6 Å². The van der Waals surface area contributed by atoms with Crippen LogP contribution in [0.25, 0.3) is 21.6 Å². The highest BCUT2D eigenvalue weighted by atomic mass is 32.1. The van der Waals surface area contributed by atoms with Crippen molar-refractivity contribution in [3.63, 3.8) is 0 Å². The van der Waals surface area contributed by atoms with E-state index in [4.69, 9.17) is 11.0 Å². The van der Waals surface area contributed by atoms with Gasteiger partial charge in [0.05, 0.1) is 16.0 Å². The Labute approximate surface area is 196 Å². The van der Waals surface area contributed by atoms with E-state index in [2.05, 4.69) is 0 Å². The lowest BCUT2D eigenvalue weighted by atomic mass is 9.95. The molecule has 1 aromatic heterocycles. The lowest BCUT2D eigenvalue weighted by molar-refractivity contribution is 0.0713. The maximum Gasteiger partial charge on any atom is 0.264 e. The number of halogens is 1. The van der Waals surface area contributed by atoms with Crippen LogP contribution in [0, 0.1) is 17.1 Å². The summed E-state index contributed by atoms with van der Waals surface area (Å²) < 4.78 is 14.4. The van der Waals surface area contributed by atoms with Gasteiger partial charge in [0.2, 0.25) is 0 Å². The van der Waals surface area contributed by atoms with Crippen LogP contribution in [0.3, 0.4) is 0 Å². The SMILES string of the molecule is CC(C)(O)c1ccc(-c2sc(C(=O)N3CCCC(N)C3)cc2-c2ccc(C#N)c(F)c2)cc1. The number of thiophene rings is 1. The number of hydrogen-bond donors (Lipinski definition) is 2. The van der Waals surface area contributed by atoms with Crippen LogP contribution in [0.4, 0.5) is 4.39 Å². The van der Waals surface area contributed by atoms with Gasteiger partial charge in [-0.2, -0.15) is 5.26 Å². The molecular weight excluding hydrogens is 437 g/mol. The number of benzene rings is 2. The Morgan fingerprint density at radius 1 is 1.21 bits per heavy atom. The smallest absolute Gasteiger partial charge is 0.264 e. The summed E-state index contributed by atoms with van der Waals surface area (Å²) in [6, 6.07) is 15.6. The minimum absolute atomic E-state index is 0.0244. The molecule has 0 aliphatic carbocycles. The van der Waals surface area contributed by atoms with Crippen molar-refractivity contribution < 1.29 is 14.3 Å². The van der Waals surface area contributed by atoms with Gasteiger partial charge in [-0.25, -0.2) is 4.39 Å². The molecule has 5 nitrogen and oxygen atoms in total. The summed E-state index contributed by atoms with van der Waals surface area (Å²) in [7, 11) is 0. The molecule has 1 atom stereocenters.